The van der Waals surface area contributed by atoms with Crippen molar-refractivity contribution >= 4 is 12.2 Å². The highest BCUT2D eigenvalue weighted by molar-refractivity contribution is 5.68. The lowest BCUT2D eigenvalue weighted by atomic mass is 9.85. The van der Waals surface area contributed by atoms with E-state index in [9.17, 15) is 9.59 Å². The highest BCUT2D eigenvalue weighted by Gasteiger charge is 2.28. The van der Waals surface area contributed by atoms with Gasteiger partial charge < -0.3 is 19.7 Å². The van der Waals surface area contributed by atoms with E-state index in [0.717, 1.165) is 50.9 Å². The van der Waals surface area contributed by atoms with Crippen molar-refractivity contribution in [2.45, 2.75) is 64.7 Å². The first-order valence-corrected chi connectivity index (χ1v) is 11.5. The van der Waals surface area contributed by atoms with Gasteiger partial charge in [0.25, 0.3) is 0 Å². The SMILES string of the molecule is CC(C)(C)OC(=O)NC1CCC(CN2CCN(C(=O)OCc3ccccc3)CC2)CC1. The zero-order valence-electron chi connectivity index (χ0n) is 19.1. The number of amides is 2. The molecular weight excluding hydrogens is 394 g/mol. The molecule has 1 saturated heterocycles. The molecule has 7 nitrogen and oxygen atoms in total. The number of hydrogen-bond donors (Lipinski definition) is 1. The largest absolute Gasteiger partial charge is 0.445 e. The Morgan fingerprint density at radius 1 is 1.00 bits per heavy atom. The number of rotatable bonds is 5. The van der Waals surface area contributed by atoms with Gasteiger partial charge in [-0.25, -0.2) is 9.59 Å². The van der Waals surface area contributed by atoms with E-state index in [1.54, 1.807) is 4.90 Å². The van der Waals surface area contributed by atoms with Crippen LogP contribution in [0.2, 0.25) is 0 Å². The molecule has 0 spiro atoms. The maximum atomic E-state index is 12.3. The maximum Gasteiger partial charge on any atom is 0.410 e. The maximum absolute atomic E-state index is 12.3. The second kappa shape index (κ2) is 10.8. The second-order valence-electron chi connectivity index (χ2n) is 9.69. The molecule has 2 fully saturated rings. The van der Waals surface area contributed by atoms with Crippen molar-refractivity contribution in [3.8, 4) is 0 Å². The Kier molecular flexibility index (Phi) is 8.18. The number of carbonyl (C=O) groups excluding carboxylic acids is 2. The third kappa shape index (κ3) is 8.05. The van der Waals surface area contributed by atoms with Crippen LogP contribution in [0.4, 0.5) is 9.59 Å². The minimum Gasteiger partial charge on any atom is -0.445 e. The molecule has 2 amide bonds. The average molecular weight is 432 g/mol. The number of alkyl carbamates (subject to hydrolysis) is 1. The second-order valence-corrected chi connectivity index (χ2v) is 9.69. The van der Waals surface area contributed by atoms with E-state index in [4.69, 9.17) is 9.47 Å². The molecule has 1 heterocycles. The number of piperazine rings is 1. The Morgan fingerprint density at radius 2 is 1.65 bits per heavy atom. The standard InChI is InChI=1S/C24H37N3O4/c1-24(2,3)31-22(28)25-21-11-9-19(10-12-21)17-26-13-15-27(16-14-26)23(29)30-18-20-7-5-4-6-8-20/h4-8,19,21H,9-18H2,1-3H3,(H,25,28). The zero-order valence-corrected chi connectivity index (χ0v) is 19.1. The van der Waals surface area contributed by atoms with Crippen molar-refractivity contribution in [1.29, 1.82) is 0 Å². The molecule has 1 aromatic carbocycles. The average Bonchev–Trinajstić information content (AvgIpc) is 2.73. The Bertz CT molecular complexity index is 703. The highest BCUT2D eigenvalue weighted by Crippen LogP contribution is 2.26. The van der Waals surface area contributed by atoms with Crippen molar-refractivity contribution < 1.29 is 19.1 Å². The number of benzene rings is 1. The Labute approximate surface area is 186 Å². The summed E-state index contributed by atoms with van der Waals surface area (Å²) in [4.78, 5) is 28.5. The molecule has 0 radical (unpaired) electrons. The highest BCUT2D eigenvalue weighted by atomic mass is 16.6. The van der Waals surface area contributed by atoms with Crippen LogP contribution in [-0.4, -0.2) is 66.4 Å². The number of carbonyl (C=O) groups is 2. The monoisotopic (exact) mass is 431 g/mol. The Balaban J connectivity index is 1.31. The summed E-state index contributed by atoms with van der Waals surface area (Å²) in [5, 5.41) is 3.01. The van der Waals surface area contributed by atoms with Gasteiger partial charge in [-0.3, -0.25) is 4.90 Å². The number of hydrogen-bond acceptors (Lipinski definition) is 5. The van der Waals surface area contributed by atoms with Crippen LogP contribution in [0.25, 0.3) is 0 Å². The molecule has 172 valence electrons. The number of ether oxygens (including phenoxy) is 2. The molecule has 7 heteroatoms. The lowest BCUT2D eigenvalue weighted by Gasteiger charge is -2.37. The van der Waals surface area contributed by atoms with Crippen molar-refractivity contribution in [1.82, 2.24) is 15.1 Å². The van der Waals surface area contributed by atoms with Gasteiger partial charge in [0.15, 0.2) is 0 Å². The zero-order chi connectivity index (χ0) is 22.3. The first-order valence-electron chi connectivity index (χ1n) is 11.5. The van der Waals surface area contributed by atoms with Gasteiger partial charge in [-0.15, -0.1) is 0 Å². The fourth-order valence-corrected chi connectivity index (χ4v) is 4.25. The molecule has 0 unspecified atom stereocenters. The molecular formula is C24H37N3O4. The molecule has 1 N–H and O–H groups in total. The van der Waals surface area contributed by atoms with Gasteiger partial charge >= 0.3 is 12.2 Å². The first kappa shape index (κ1) is 23.4. The summed E-state index contributed by atoms with van der Waals surface area (Å²) in [7, 11) is 0. The van der Waals surface area contributed by atoms with Crippen LogP contribution < -0.4 is 5.32 Å². The van der Waals surface area contributed by atoms with Gasteiger partial charge in [0.2, 0.25) is 0 Å². The molecule has 1 aliphatic heterocycles. The summed E-state index contributed by atoms with van der Waals surface area (Å²) in [6.07, 6.45) is 3.67. The van der Waals surface area contributed by atoms with Gasteiger partial charge in [-0.2, -0.15) is 0 Å². The summed E-state index contributed by atoms with van der Waals surface area (Å²) in [5.41, 5.74) is 0.545. The van der Waals surface area contributed by atoms with E-state index >= 15 is 0 Å². The van der Waals surface area contributed by atoms with E-state index in [2.05, 4.69) is 10.2 Å². The predicted octanol–water partition coefficient (Wildman–Crippen LogP) is 4.02. The van der Waals surface area contributed by atoms with Crippen molar-refractivity contribution in [2.24, 2.45) is 5.92 Å². The number of nitrogens with zero attached hydrogens (tertiary/aromatic N) is 2. The van der Waals surface area contributed by atoms with Gasteiger partial charge in [0.05, 0.1) is 0 Å². The molecule has 3 rings (SSSR count). The smallest absolute Gasteiger partial charge is 0.410 e. The van der Waals surface area contributed by atoms with E-state index in [1.165, 1.54) is 0 Å². The van der Waals surface area contributed by atoms with E-state index < -0.39 is 5.60 Å². The van der Waals surface area contributed by atoms with Crippen LogP contribution in [0, 0.1) is 5.92 Å². The van der Waals surface area contributed by atoms with Crippen molar-refractivity contribution in [2.75, 3.05) is 32.7 Å². The van der Waals surface area contributed by atoms with Crippen LogP contribution in [0.5, 0.6) is 0 Å². The Morgan fingerprint density at radius 3 is 2.26 bits per heavy atom. The predicted molar refractivity (Wildman–Crippen MR) is 120 cm³/mol. The van der Waals surface area contributed by atoms with Gasteiger partial charge in [0.1, 0.15) is 12.2 Å². The molecule has 0 atom stereocenters. The van der Waals surface area contributed by atoms with E-state index in [1.807, 2.05) is 51.1 Å². The minimum absolute atomic E-state index is 0.210. The lowest BCUT2D eigenvalue weighted by Crippen LogP contribution is -2.50. The lowest BCUT2D eigenvalue weighted by molar-refractivity contribution is 0.0472. The van der Waals surface area contributed by atoms with Crippen LogP contribution in [0.3, 0.4) is 0 Å². The molecule has 0 aromatic heterocycles. The Hall–Kier alpha value is -2.28. The summed E-state index contributed by atoms with van der Waals surface area (Å²) in [6.45, 7) is 10.2. The third-order valence-electron chi connectivity index (χ3n) is 5.92. The van der Waals surface area contributed by atoms with E-state index in [0.29, 0.717) is 25.6 Å². The van der Waals surface area contributed by atoms with Crippen molar-refractivity contribution in [3.63, 3.8) is 0 Å². The van der Waals surface area contributed by atoms with Crippen LogP contribution in [0.15, 0.2) is 30.3 Å². The van der Waals surface area contributed by atoms with Crippen molar-refractivity contribution in [3.05, 3.63) is 35.9 Å². The minimum atomic E-state index is -0.461. The first-order chi connectivity index (χ1) is 14.8. The summed E-state index contributed by atoms with van der Waals surface area (Å²) >= 11 is 0. The quantitative estimate of drug-likeness (QED) is 0.762. The van der Waals surface area contributed by atoms with Crippen LogP contribution >= 0.6 is 0 Å². The molecule has 1 aliphatic carbocycles. The van der Waals surface area contributed by atoms with E-state index in [-0.39, 0.29) is 18.2 Å². The normalized spacial score (nSPS) is 22.6. The van der Waals surface area contributed by atoms with Gasteiger partial charge in [-0.05, 0) is 57.9 Å². The summed E-state index contributed by atoms with van der Waals surface area (Å²) < 4.78 is 10.8. The molecule has 0 bridgehead atoms. The molecule has 31 heavy (non-hydrogen) atoms. The third-order valence-corrected chi connectivity index (χ3v) is 5.92. The number of nitrogens with one attached hydrogen (secondary N) is 1. The summed E-state index contributed by atoms with van der Waals surface area (Å²) in [6, 6.07) is 9.98. The summed E-state index contributed by atoms with van der Waals surface area (Å²) in [5.74, 6) is 0.647. The van der Waals surface area contributed by atoms with Gasteiger partial charge in [0, 0.05) is 38.8 Å². The molecule has 2 aliphatic rings. The topological polar surface area (TPSA) is 71.1 Å². The van der Waals surface area contributed by atoms with Gasteiger partial charge in [-0.1, -0.05) is 30.3 Å². The van der Waals surface area contributed by atoms with Crippen LogP contribution in [0.1, 0.15) is 52.0 Å². The fourth-order valence-electron chi connectivity index (χ4n) is 4.25. The fraction of sp³-hybridized carbons (Fsp3) is 0.667. The van der Waals surface area contributed by atoms with Crippen LogP contribution in [-0.2, 0) is 16.1 Å². The molecule has 1 saturated carbocycles. The molecule has 1 aromatic rings.